The third-order valence-electron chi connectivity index (χ3n) is 4.40. The fourth-order valence-electron chi connectivity index (χ4n) is 2.92. The Labute approximate surface area is 165 Å². The van der Waals surface area contributed by atoms with Gasteiger partial charge in [-0.15, -0.1) is 0 Å². The number of para-hydroxylation sites is 1. The molecule has 0 spiro atoms. The van der Waals surface area contributed by atoms with Gasteiger partial charge in [0.05, 0.1) is 4.90 Å². The second-order valence-electron chi connectivity index (χ2n) is 6.72. The van der Waals surface area contributed by atoms with Gasteiger partial charge in [-0.2, -0.15) is 0 Å². The normalized spacial score (nSPS) is 11.1. The summed E-state index contributed by atoms with van der Waals surface area (Å²) < 4.78 is 28.0. The molecular weight excluding hydrogens is 372 g/mol. The Morgan fingerprint density at radius 1 is 0.821 bits per heavy atom. The molecule has 0 fully saturated rings. The number of rotatable bonds is 5. The van der Waals surface area contributed by atoms with Crippen molar-refractivity contribution in [3.05, 3.63) is 89.0 Å². The molecule has 3 aromatic carbocycles. The summed E-state index contributed by atoms with van der Waals surface area (Å²) in [6, 6.07) is 18.8. The maximum atomic E-state index is 12.7. The van der Waals surface area contributed by atoms with Crippen LogP contribution >= 0.6 is 0 Å². The van der Waals surface area contributed by atoms with Crippen LogP contribution in [-0.4, -0.2) is 14.3 Å². The Kier molecular flexibility index (Phi) is 5.51. The molecular formula is C22H22N2O3S. The molecule has 144 valence electrons. The third kappa shape index (κ3) is 4.40. The summed E-state index contributed by atoms with van der Waals surface area (Å²) in [5.74, 6) is -0.356. The molecule has 2 N–H and O–H groups in total. The molecule has 3 aromatic rings. The number of benzene rings is 3. The average molecular weight is 394 g/mol. The van der Waals surface area contributed by atoms with Gasteiger partial charge >= 0.3 is 0 Å². The monoisotopic (exact) mass is 394 g/mol. The number of hydrogen-bond acceptors (Lipinski definition) is 3. The van der Waals surface area contributed by atoms with Crippen LogP contribution < -0.4 is 10.0 Å². The first-order valence-corrected chi connectivity index (χ1v) is 10.3. The van der Waals surface area contributed by atoms with E-state index < -0.39 is 10.0 Å². The highest BCUT2D eigenvalue weighted by molar-refractivity contribution is 7.92. The van der Waals surface area contributed by atoms with Crippen molar-refractivity contribution in [2.45, 2.75) is 25.7 Å². The summed E-state index contributed by atoms with van der Waals surface area (Å²) in [6.07, 6.45) is 0. The maximum Gasteiger partial charge on any atom is 0.261 e. The number of sulfonamides is 1. The van der Waals surface area contributed by atoms with Crippen molar-refractivity contribution < 1.29 is 13.2 Å². The van der Waals surface area contributed by atoms with Gasteiger partial charge in [0.15, 0.2) is 0 Å². The second kappa shape index (κ2) is 7.86. The van der Waals surface area contributed by atoms with E-state index in [2.05, 4.69) is 10.0 Å². The number of carbonyl (C=O) groups excluding carboxylic acids is 1. The number of anilines is 2. The van der Waals surface area contributed by atoms with E-state index in [1.165, 1.54) is 12.1 Å². The van der Waals surface area contributed by atoms with Gasteiger partial charge in [-0.05, 0) is 67.8 Å². The van der Waals surface area contributed by atoms with E-state index in [1.54, 1.807) is 30.3 Å². The van der Waals surface area contributed by atoms with Gasteiger partial charge in [-0.25, -0.2) is 8.42 Å². The summed E-state index contributed by atoms with van der Waals surface area (Å²) in [5.41, 5.74) is 4.32. The molecule has 3 rings (SSSR count). The van der Waals surface area contributed by atoms with Crippen LogP contribution in [-0.2, 0) is 10.0 Å². The fourth-order valence-corrected chi connectivity index (χ4v) is 4.02. The zero-order valence-corrected chi connectivity index (χ0v) is 16.8. The molecule has 0 atom stereocenters. The van der Waals surface area contributed by atoms with Crippen LogP contribution in [0, 0.1) is 20.8 Å². The highest BCUT2D eigenvalue weighted by Crippen LogP contribution is 2.22. The molecule has 0 saturated carbocycles. The van der Waals surface area contributed by atoms with Gasteiger partial charge in [-0.3, -0.25) is 9.52 Å². The van der Waals surface area contributed by atoms with Crippen LogP contribution in [0.25, 0.3) is 0 Å². The molecule has 0 aromatic heterocycles. The largest absolute Gasteiger partial charge is 0.322 e. The van der Waals surface area contributed by atoms with Crippen molar-refractivity contribution in [1.29, 1.82) is 0 Å². The molecule has 6 heteroatoms. The lowest BCUT2D eigenvalue weighted by atomic mass is 10.1. The number of aryl methyl sites for hydroxylation is 3. The molecule has 0 radical (unpaired) electrons. The quantitative estimate of drug-likeness (QED) is 0.661. The Morgan fingerprint density at radius 2 is 1.46 bits per heavy atom. The highest BCUT2D eigenvalue weighted by atomic mass is 32.2. The second-order valence-corrected chi connectivity index (χ2v) is 8.41. The molecule has 0 unspecified atom stereocenters. The SMILES string of the molecule is Cc1cccc(NS(=O)(=O)c2cccc(C(=O)Nc3c(C)cccc3C)c2)c1. The van der Waals surface area contributed by atoms with Crippen molar-refractivity contribution in [3.63, 3.8) is 0 Å². The molecule has 1 amide bonds. The first-order valence-electron chi connectivity index (χ1n) is 8.83. The molecule has 0 aliphatic rings. The zero-order chi connectivity index (χ0) is 20.3. The van der Waals surface area contributed by atoms with Crippen molar-refractivity contribution in [1.82, 2.24) is 0 Å². The summed E-state index contributed by atoms with van der Waals surface area (Å²) in [4.78, 5) is 12.7. The smallest absolute Gasteiger partial charge is 0.261 e. The standard InChI is InChI=1S/C22H22N2O3S/c1-15-7-4-11-19(13-15)24-28(26,27)20-12-6-10-18(14-20)22(25)23-21-16(2)8-5-9-17(21)3/h4-14,24H,1-3H3,(H,23,25). The minimum atomic E-state index is -3.81. The van der Waals surface area contributed by atoms with Crippen molar-refractivity contribution >= 4 is 27.3 Å². The van der Waals surface area contributed by atoms with Crippen LogP contribution in [0.3, 0.4) is 0 Å². The van der Waals surface area contributed by atoms with Crippen LogP contribution in [0.1, 0.15) is 27.0 Å². The lowest BCUT2D eigenvalue weighted by Crippen LogP contribution is -2.16. The lowest BCUT2D eigenvalue weighted by Gasteiger charge is -2.13. The van der Waals surface area contributed by atoms with Crippen molar-refractivity contribution in [3.8, 4) is 0 Å². The van der Waals surface area contributed by atoms with Gasteiger partial charge < -0.3 is 5.32 Å². The first-order chi connectivity index (χ1) is 13.3. The van der Waals surface area contributed by atoms with E-state index in [0.29, 0.717) is 5.69 Å². The Hall–Kier alpha value is -3.12. The Morgan fingerprint density at radius 3 is 2.14 bits per heavy atom. The molecule has 0 aliphatic heterocycles. The van der Waals surface area contributed by atoms with E-state index in [-0.39, 0.29) is 16.4 Å². The number of nitrogens with one attached hydrogen (secondary N) is 2. The van der Waals surface area contributed by atoms with E-state index in [0.717, 1.165) is 22.4 Å². The maximum absolute atomic E-state index is 12.7. The number of amides is 1. The predicted octanol–water partition coefficient (Wildman–Crippen LogP) is 4.66. The fraction of sp³-hybridized carbons (Fsp3) is 0.136. The van der Waals surface area contributed by atoms with Crippen molar-refractivity contribution in [2.75, 3.05) is 10.0 Å². The van der Waals surface area contributed by atoms with Crippen LogP contribution in [0.15, 0.2) is 71.6 Å². The number of hydrogen-bond donors (Lipinski definition) is 2. The predicted molar refractivity (Wildman–Crippen MR) is 112 cm³/mol. The minimum absolute atomic E-state index is 0.0307. The van der Waals surface area contributed by atoms with Gasteiger partial charge in [0.25, 0.3) is 15.9 Å². The summed E-state index contributed by atoms with van der Waals surface area (Å²) in [7, 11) is -3.81. The Bertz CT molecular complexity index is 1120. The van der Waals surface area contributed by atoms with Crippen LogP contribution in [0.4, 0.5) is 11.4 Å². The van der Waals surface area contributed by atoms with E-state index in [1.807, 2.05) is 45.0 Å². The average Bonchev–Trinajstić information content (AvgIpc) is 2.64. The van der Waals surface area contributed by atoms with E-state index in [4.69, 9.17) is 0 Å². The zero-order valence-electron chi connectivity index (χ0n) is 16.0. The van der Waals surface area contributed by atoms with Crippen molar-refractivity contribution in [2.24, 2.45) is 0 Å². The third-order valence-corrected chi connectivity index (χ3v) is 5.78. The first kappa shape index (κ1) is 19.6. The minimum Gasteiger partial charge on any atom is -0.322 e. The molecule has 0 aliphatic carbocycles. The topological polar surface area (TPSA) is 75.3 Å². The lowest BCUT2D eigenvalue weighted by molar-refractivity contribution is 0.102. The van der Waals surface area contributed by atoms with Gasteiger partial charge in [0.2, 0.25) is 0 Å². The Balaban J connectivity index is 1.86. The number of carbonyl (C=O) groups is 1. The van der Waals surface area contributed by atoms with E-state index in [9.17, 15) is 13.2 Å². The van der Waals surface area contributed by atoms with Crippen LogP contribution in [0.2, 0.25) is 0 Å². The van der Waals surface area contributed by atoms with Gasteiger partial charge in [0.1, 0.15) is 0 Å². The van der Waals surface area contributed by atoms with E-state index >= 15 is 0 Å². The van der Waals surface area contributed by atoms with Gasteiger partial charge in [-0.1, -0.05) is 36.4 Å². The van der Waals surface area contributed by atoms with Crippen LogP contribution in [0.5, 0.6) is 0 Å². The summed E-state index contributed by atoms with van der Waals surface area (Å²) in [5, 5.41) is 2.88. The molecule has 0 heterocycles. The molecule has 0 bridgehead atoms. The molecule has 5 nitrogen and oxygen atoms in total. The summed E-state index contributed by atoms with van der Waals surface area (Å²) in [6.45, 7) is 5.71. The summed E-state index contributed by atoms with van der Waals surface area (Å²) >= 11 is 0. The van der Waals surface area contributed by atoms with Gasteiger partial charge in [0, 0.05) is 16.9 Å². The highest BCUT2D eigenvalue weighted by Gasteiger charge is 2.17. The molecule has 0 saturated heterocycles. The molecule has 28 heavy (non-hydrogen) atoms.